The standard InChI is InChI=1S/C25H27FN4O4/c26-20-12-16(14-29-8-10-34-11-9-29)4-5-17(20)13-27-21-3-1-2-18-19(21)15-30(25(18)33)22-6-7-23(31)28-24(22)32/h1-5,12,22,27H,6-11,13-15H2,(H,28,31,32)/t22-/m0/s1/i6D2,7D2,8D2,9D2,10D2,11D2,13D2,15D2,22D. The highest BCUT2D eigenvalue weighted by Crippen LogP contribution is 2.32. The van der Waals surface area contributed by atoms with Crippen LogP contribution in [0.3, 0.4) is 0 Å². The quantitative estimate of drug-likeness (QED) is 0.611. The van der Waals surface area contributed by atoms with Gasteiger partial charge in [0, 0.05) is 72.2 Å². The fourth-order valence-electron chi connectivity index (χ4n) is 3.28. The molecule has 34 heavy (non-hydrogen) atoms. The van der Waals surface area contributed by atoms with E-state index in [0.29, 0.717) is 6.07 Å². The van der Waals surface area contributed by atoms with Gasteiger partial charge < -0.3 is 15.0 Å². The van der Waals surface area contributed by atoms with Gasteiger partial charge in [0.15, 0.2) is 0 Å². The van der Waals surface area contributed by atoms with Gasteiger partial charge in [0.2, 0.25) is 11.8 Å². The van der Waals surface area contributed by atoms with Crippen molar-refractivity contribution in [1.29, 1.82) is 0 Å². The highest BCUT2D eigenvalue weighted by atomic mass is 19.1. The first kappa shape index (κ1) is 10.1. The van der Waals surface area contributed by atoms with E-state index in [4.69, 9.17) is 23.3 Å². The van der Waals surface area contributed by atoms with Crippen LogP contribution in [-0.2, 0) is 33.9 Å². The van der Waals surface area contributed by atoms with Crippen molar-refractivity contribution < 1.29 is 46.8 Å². The molecule has 2 aromatic rings. The minimum Gasteiger partial charge on any atom is -0.381 e. The third-order valence-electron chi connectivity index (χ3n) is 4.85. The molecule has 0 radical (unpaired) electrons. The highest BCUT2D eigenvalue weighted by molar-refractivity contribution is 6.06. The van der Waals surface area contributed by atoms with Crippen LogP contribution in [0.2, 0.25) is 0 Å². The second-order valence-electron chi connectivity index (χ2n) is 7.04. The summed E-state index contributed by atoms with van der Waals surface area (Å²) in [7, 11) is 0. The summed E-state index contributed by atoms with van der Waals surface area (Å²) >= 11 is 0. The number of fused-ring (bicyclic) bond motifs is 1. The van der Waals surface area contributed by atoms with Crippen molar-refractivity contribution in [3.8, 4) is 0 Å². The Morgan fingerprint density at radius 1 is 1.24 bits per heavy atom. The summed E-state index contributed by atoms with van der Waals surface area (Å²) in [5.41, 5.74) is -2.95. The molecule has 8 nitrogen and oxygen atoms in total. The molecule has 2 aromatic carbocycles. The van der Waals surface area contributed by atoms with Crippen LogP contribution >= 0.6 is 0 Å². The maximum atomic E-state index is 15.6. The average molecular weight is 484 g/mol. The van der Waals surface area contributed by atoms with E-state index in [0.717, 1.165) is 30.3 Å². The molecule has 3 aliphatic heterocycles. The largest absolute Gasteiger partial charge is 0.381 e. The van der Waals surface area contributed by atoms with Crippen LogP contribution in [0.15, 0.2) is 36.4 Å². The highest BCUT2D eigenvalue weighted by Gasteiger charge is 2.39. The van der Waals surface area contributed by atoms with E-state index in [1.807, 2.05) is 0 Å². The monoisotopic (exact) mass is 483 g/mol. The molecule has 5 rings (SSSR count). The molecule has 0 saturated carbocycles. The molecular formula is C25H27FN4O4. The molecule has 3 heterocycles. The van der Waals surface area contributed by atoms with Gasteiger partial charge in [0.25, 0.3) is 5.91 Å². The van der Waals surface area contributed by atoms with Gasteiger partial charge in [-0.3, -0.25) is 24.6 Å². The zero-order valence-corrected chi connectivity index (χ0v) is 17.1. The first-order valence-electron chi connectivity index (χ1n) is 18.2. The normalized spacial score (nSPS) is 41.3. The smallest absolute Gasteiger partial charge is 0.255 e. The molecule has 2 saturated heterocycles. The lowest BCUT2D eigenvalue weighted by Gasteiger charge is -2.29. The lowest BCUT2D eigenvalue weighted by atomic mass is 10.0. The van der Waals surface area contributed by atoms with Crippen molar-refractivity contribution in [3.63, 3.8) is 0 Å². The third kappa shape index (κ3) is 4.53. The minimum absolute atomic E-state index is 0.151. The number of rotatable bonds is 6. The Morgan fingerprint density at radius 2 is 2.06 bits per heavy atom. The van der Waals surface area contributed by atoms with Crippen molar-refractivity contribution >= 4 is 23.4 Å². The molecule has 0 aliphatic carbocycles. The number of halogens is 1. The average Bonchev–Trinajstić information content (AvgIpc) is 3.18. The van der Waals surface area contributed by atoms with E-state index in [1.54, 1.807) is 0 Å². The van der Waals surface area contributed by atoms with Crippen LogP contribution in [0.4, 0.5) is 10.1 Å². The number of carbonyl (C=O) groups excluding carboxylic acids is 3. The SMILES string of the molecule is [2H]C([2H])(Nc1cccc2c1C([2H])([2H])N([C@]1([2H])C(=O)NC(=O)C([2H])([2H])C1([2H])[2H])C2=O)c1ccc(CN2C([2H])([2H])C([2H])([2H])OC([2H])([2H])C2([2H])[2H])cc1F. The molecule has 3 aliphatic rings. The first-order chi connectivity index (χ1) is 22.8. The lowest BCUT2D eigenvalue weighted by Crippen LogP contribution is -2.52. The second-order valence-corrected chi connectivity index (χ2v) is 7.04. The molecule has 0 bridgehead atoms. The zero-order chi connectivity index (χ0) is 38.9. The number of nitrogens with one attached hydrogen (secondary N) is 2. The van der Waals surface area contributed by atoms with E-state index in [9.17, 15) is 14.4 Å². The molecule has 9 heteroatoms. The van der Waals surface area contributed by atoms with Crippen molar-refractivity contribution in [2.75, 3.05) is 31.4 Å². The summed E-state index contributed by atoms with van der Waals surface area (Å²) in [6.07, 6.45) is -7.44. The van der Waals surface area contributed by atoms with Crippen LogP contribution in [0, 0.1) is 5.82 Å². The van der Waals surface area contributed by atoms with Gasteiger partial charge in [-0.15, -0.1) is 0 Å². The van der Waals surface area contributed by atoms with Gasteiger partial charge in [0.05, 0.1) is 25.5 Å². The molecule has 2 N–H and O–H groups in total. The topological polar surface area (TPSA) is 91.0 Å². The molecule has 0 unspecified atom stereocenters. The Labute approximate surface area is 220 Å². The van der Waals surface area contributed by atoms with E-state index in [2.05, 4.69) is 10.1 Å². The van der Waals surface area contributed by atoms with Gasteiger partial charge in [-0.1, -0.05) is 18.2 Å². The minimum atomic E-state index is -3.83. The van der Waals surface area contributed by atoms with E-state index < -0.39 is 110 Å². The number of morpholine rings is 1. The Hall–Kier alpha value is -3.30. The predicted octanol–water partition coefficient (Wildman–Crippen LogP) is 2.03. The summed E-state index contributed by atoms with van der Waals surface area (Å²) in [4.78, 5) is 38.6. The lowest BCUT2D eigenvalue weighted by molar-refractivity contribution is -0.136. The Balaban J connectivity index is 1.50. The number of imide groups is 1. The van der Waals surface area contributed by atoms with E-state index in [1.165, 1.54) is 5.32 Å². The zero-order valence-electron chi connectivity index (χ0n) is 34.1. The van der Waals surface area contributed by atoms with Gasteiger partial charge >= 0.3 is 0 Å². The number of hydrogen-bond acceptors (Lipinski definition) is 6. The maximum Gasteiger partial charge on any atom is 0.255 e. The number of hydrogen-bond donors (Lipinski definition) is 2. The fourth-order valence-corrected chi connectivity index (χ4v) is 3.28. The van der Waals surface area contributed by atoms with Gasteiger partial charge in [0.1, 0.15) is 11.8 Å². The number of benzene rings is 2. The number of ether oxygens (including phenoxy) is 1. The van der Waals surface area contributed by atoms with Gasteiger partial charge in [-0.25, -0.2) is 4.39 Å². The van der Waals surface area contributed by atoms with Gasteiger partial charge in [-0.2, -0.15) is 0 Å². The number of amides is 3. The van der Waals surface area contributed by atoms with Crippen molar-refractivity contribution in [1.82, 2.24) is 15.1 Å². The van der Waals surface area contributed by atoms with E-state index in [-0.39, 0.29) is 15.4 Å². The molecule has 2 fully saturated rings. The second kappa shape index (κ2) is 9.52. The Kier molecular flexibility index (Phi) is 2.84. The predicted molar refractivity (Wildman–Crippen MR) is 122 cm³/mol. The molecule has 0 aromatic heterocycles. The van der Waals surface area contributed by atoms with Crippen LogP contribution in [0.1, 0.15) is 63.1 Å². The summed E-state index contributed by atoms with van der Waals surface area (Å²) in [6, 6.07) is 1.91. The van der Waals surface area contributed by atoms with Crippen LogP contribution < -0.4 is 10.6 Å². The molecule has 178 valence electrons. The van der Waals surface area contributed by atoms with Crippen LogP contribution in [-0.4, -0.2) is 59.7 Å². The first-order valence-corrected chi connectivity index (χ1v) is 9.73. The number of anilines is 1. The fraction of sp³-hybridized carbons (Fsp3) is 0.400. The van der Waals surface area contributed by atoms with Crippen molar-refractivity contribution in [2.45, 2.75) is 38.3 Å². The molecule has 0 spiro atoms. The molecule has 1 atom stereocenters. The van der Waals surface area contributed by atoms with Gasteiger partial charge in [-0.05, 0) is 30.1 Å². The maximum absolute atomic E-state index is 15.6. The number of nitrogens with zero attached hydrogens (tertiary/aromatic N) is 2. The van der Waals surface area contributed by atoms with Crippen molar-refractivity contribution in [3.05, 3.63) is 64.5 Å². The molecular weight excluding hydrogens is 439 g/mol. The Bertz CT molecular complexity index is 1830. The Morgan fingerprint density at radius 3 is 2.85 bits per heavy atom. The third-order valence-corrected chi connectivity index (χ3v) is 4.85. The van der Waals surface area contributed by atoms with Crippen LogP contribution in [0.5, 0.6) is 0 Å². The number of carbonyl (C=O) groups is 3. The van der Waals surface area contributed by atoms with Crippen LogP contribution in [0.25, 0.3) is 0 Å². The molecule has 3 amide bonds. The summed E-state index contributed by atoms with van der Waals surface area (Å²) < 4.78 is 160. The number of piperidine rings is 1. The summed E-state index contributed by atoms with van der Waals surface area (Å²) in [5, 5.41) is 3.70. The van der Waals surface area contributed by atoms with E-state index >= 15 is 4.39 Å². The summed E-state index contributed by atoms with van der Waals surface area (Å²) in [5.74, 6) is -6.46. The summed E-state index contributed by atoms with van der Waals surface area (Å²) in [6.45, 7) is -20.6. The van der Waals surface area contributed by atoms with Crippen molar-refractivity contribution in [2.24, 2.45) is 0 Å².